The van der Waals surface area contributed by atoms with Crippen LogP contribution in [0.15, 0.2) is 24.3 Å². The zero-order valence-electron chi connectivity index (χ0n) is 17.2. The van der Waals surface area contributed by atoms with Gasteiger partial charge in [-0.1, -0.05) is 26.0 Å². The number of ether oxygens (including phenoxy) is 1. The molecule has 0 heterocycles. The molecule has 0 aromatic rings. The van der Waals surface area contributed by atoms with Gasteiger partial charge in [0.05, 0.1) is 0 Å². The molecule has 4 aliphatic carbocycles. The molecule has 4 rings (SSSR count). The molecule has 28 heavy (non-hydrogen) atoms. The van der Waals surface area contributed by atoms with Crippen LogP contribution < -0.4 is 0 Å². The normalized spacial score (nSPS) is 41.9. The molecule has 6 atom stereocenters. The minimum absolute atomic E-state index is 0.00579. The lowest BCUT2D eigenvalue weighted by molar-refractivity contribution is -0.147. The first-order valence-corrected chi connectivity index (χ1v) is 10.9. The Hall–Kier alpha value is -1.71. The molecule has 0 amide bonds. The average molecular weight is 385 g/mol. The average Bonchev–Trinajstić information content (AvgIpc) is 3.03. The fourth-order valence-corrected chi connectivity index (χ4v) is 7.39. The topological polar surface area (TPSA) is 60.4 Å². The van der Waals surface area contributed by atoms with Crippen LogP contribution in [0.25, 0.3) is 0 Å². The first kappa shape index (κ1) is 19.6. The summed E-state index contributed by atoms with van der Waals surface area (Å²) in [5.74, 6) is 1.67. The summed E-state index contributed by atoms with van der Waals surface area (Å²) in [6, 6.07) is 0. The molecule has 0 aromatic carbocycles. The number of hydrogen-bond donors (Lipinski definition) is 0. The van der Waals surface area contributed by atoms with Crippen LogP contribution in [0.1, 0.15) is 65.2 Å². The molecule has 4 aliphatic rings. The molecule has 3 fully saturated rings. The van der Waals surface area contributed by atoms with Crippen LogP contribution in [-0.4, -0.2) is 24.1 Å². The molecule has 0 bridgehead atoms. The van der Waals surface area contributed by atoms with Crippen LogP contribution in [0.3, 0.4) is 0 Å². The van der Waals surface area contributed by atoms with Crippen molar-refractivity contribution in [2.75, 3.05) is 6.61 Å². The van der Waals surface area contributed by atoms with Gasteiger partial charge >= 0.3 is 5.97 Å². The van der Waals surface area contributed by atoms with Gasteiger partial charge in [-0.05, 0) is 79.6 Å². The SMILES string of the molecule is C=CC(=O)OCC(=O)[C@H]1CC[C@H]2[C@@H]3CCC4=CC(=O)CC[C@]4(C)[C@@H]3CC[C@]12C. The van der Waals surface area contributed by atoms with Crippen LogP contribution in [0.4, 0.5) is 0 Å². The summed E-state index contributed by atoms with van der Waals surface area (Å²) >= 11 is 0. The standard InChI is InChI=1S/C24H32O4/c1-4-22(27)28-14-21(26)20-8-7-18-17-6-5-15-13-16(25)9-11-23(15,2)19(17)10-12-24(18,20)3/h4,13,17-20H,1,5-12,14H2,2-3H3/t17-,18-,19+,20+,23-,24-/m0/s1. The van der Waals surface area contributed by atoms with Gasteiger partial charge in [-0.2, -0.15) is 0 Å². The number of carbonyl (C=O) groups excluding carboxylic acids is 3. The maximum atomic E-state index is 12.9. The summed E-state index contributed by atoms with van der Waals surface area (Å²) in [6.07, 6.45) is 11.1. The van der Waals surface area contributed by atoms with E-state index in [1.54, 1.807) is 0 Å². The van der Waals surface area contributed by atoms with Crippen molar-refractivity contribution >= 4 is 17.5 Å². The molecule has 3 saturated carbocycles. The van der Waals surface area contributed by atoms with Gasteiger partial charge in [-0.15, -0.1) is 0 Å². The van der Waals surface area contributed by atoms with E-state index in [0.717, 1.165) is 51.0 Å². The molecular formula is C24H32O4. The first-order valence-electron chi connectivity index (χ1n) is 10.9. The Kier molecular flexibility index (Phi) is 4.87. The summed E-state index contributed by atoms with van der Waals surface area (Å²) in [4.78, 5) is 36.2. The summed E-state index contributed by atoms with van der Waals surface area (Å²) in [5, 5.41) is 0. The number of ketones is 2. The summed E-state index contributed by atoms with van der Waals surface area (Å²) in [7, 11) is 0. The van der Waals surface area contributed by atoms with Gasteiger partial charge in [-0.3, -0.25) is 9.59 Å². The second-order valence-electron chi connectivity index (χ2n) is 9.92. The van der Waals surface area contributed by atoms with Crippen molar-refractivity contribution in [3.8, 4) is 0 Å². The van der Waals surface area contributed by atoms with Crippen molar-refractivity contribution in [1.29, 1.82) is 0 Å². The first-order chi connectivity index (χ1) is 13.3. The van der Waals surface area contributed by atoms with E-state index in [4.69, 9.17) is 4.74 Å². The van der Waals surface area contributed by atoms with Gasteiger partial charge in [0.25, 0.3) is 0 Å². The monoisotopic (exact) mass is 384 g/mol. The molecule has 0 aliphatic heterocycles. The van der Waals surface area contributed by atoms with Gasteiger partial charge in [0, 0.05) is 18.4 Å². The van der Waals surface area contributed by atoms with Crippen LogP contribution in [0.5, 0.6) is 0 Å². The van der Waals surface area contributed by atoms with E-state index in [9.17, 15) is 14.4 Å². The number of allylic oxidation sites excluding steroid dienone is 1. The lowest BCUT2D eigenvalue weighted by Gasteiger charge is -2.58. The van der Waals surface area contributed by atoms with E-state index in [0.29, 0.717) is 30.0 Å². The number of esters is 1. The van der Waals surface area contributed by atoms with Crippen LogP contribution >= 0.6 is 0 Å². The van der Waals surface area contributed by atoms with E-state index in [1.807, 2.05) is 6.08 Å². The largest absolute Gasteiger partial charge is 0.455 e. The smallest absolute Gasteiger partial charge is 0.330 e. The quantitative estimate of drug-likeness (QED) is 0.531. The van der Waals surface area contributed by atoms with E-state index in [2.05, 4.69) is 20.4 Å². The van der Waals surface area contributed by atoms with Crippen LogP contribution in [0.2, 0.25) is 0 Å². The maximum absolute atomic E-state index is 12.9. The van der Waals surface area contributed by atoms with E-state index >= 15 is 0 Å². The molecule has 152 valence electrons. The number of rotatable bonds is 4. The molecular weight excluding hydrogens is 352 g/mol. The molecule has 0 radical (unpaired) electrons. The Morgan fingerprint density at radius 3 is 2.68 bits per heavy atom. The Morgan fingerprint density at radius 2 is 1.93 bits per heavy atom. The van der Waals surface area contributed by atoms with Gasteiger partial charge in [0.1, 0.15) is 0 Å². The predicted molar refractivity (Wildman–Crippen MR) is 106 cm³/mol. The summed E-state index contributed by atoms with van der Waals surface area (Å²) in [5.41, 5.74) is 1.57. The third kappa shape index (κ3) is 2.91. The molecule has 0 unspecified atom stereocenters. The minimum Gasteiger partial charge on any atom is -0.455 e. The number of fused-ring (bicyclic) bond motifs is 5. The fourth-order valence-electron chi connectivity index (χ4n) is 7.39. The Balaban J connectivity index is 1.53. The Morgan fingerprint density at radius 1 is 1.14 bits per heavy atom. The van der Waals surface area contributed by atoms with Crippen molar-refractivity contribution in [3.63, 3.8) is 0 Å². The highest BCUT2D eigenvalue weighted by Gasteiger charge is 2.60. The Labute approximate surface area is 167 Å². The van der Waals surface area contributed by atoms with Crippen molar-refractivity contribution in [3.05, 3.63) is 24.3 Å². The third-order valence-corrected chi connectivity index (χ3v) is 8.87. The molecule has 4 heteroatoms. The number of carbonyl (C=O) groups is 3. The third-order valence-electron chi connectivity index (χ3n) is 8.87. The zero-order valence-corrected chi connectivity index (χ0v) is 17.2. The summed E-state index contributed by atoms with van der Waals surface area (Å²) in [6.45, 7) is 7.96. The lowest BCUT2D eigenvalue weighted by atomic mass is 9.46. The number of Topliss-reactive ketones (excluding diaryl/α,β-unsaturated/α-hetero) is 1. The molecule has 0 N–H and O–H groups in total. The second-order valence-corrected chi connectivity index (χ2v) is 9.92. The minimum atomic E-state index is -0.525. The predicted octanol–water partition coefficient (Wildman–Crippen LogP) is 4.43. The van der Waals surface area contributed by atoms with Crippen molar-refractivity contribution in [2.45, 2.75) is 65.2 Å². The highest BCUT2D eigenvalue weighted by molar-refractivity contribution is 5.91. The van der Waals surface area contributed by atoms with Crippen LogP contribution in [0, 0.1) is 34.5 Å². The molecule has 0 spiro atoms. The molecule has 4 nitrogen and oxygen atoms in total. The van der Waals surface area contributed by atoms with Crippen molar-refractivity contribution < 1.29 is 19.1 Å². The fraction of sp³-hybridized carbons (Fsp3) is 0.708. The van der Waals surface area contributed by atoms with E-state index in [1.165, 1.54) is 5.57 Å². The lowest BCUT2D eigenvalue weighted by Crippen LogP contribution is -2.51. The zero-order chi connectivity index (χ0) is 20.1. The van der Waals surface area contributed by atoms with Gasteiger partial charge in [-0.25, -0.2) is 4.79 Å². The highest BCUT2D eigenvalue weighted by atomic mass is 16.5. The molecule has 0 saturated heterocycles. The van der Waals surface area contributed by atoms with E-state index < -0.39 is 5.97 Å². The van der Waals surface area contributed by atoms with E-state index in [-0.39, 0.29) is 29.1 Å². The maximum Gasteiger partial charge on any atom is 0.330 e. The second kappa shape index (κ2) is 6.96. The highest BCUT2D eigenvalue weighted by Crippen LogP contribution is 2.66. The van der Waals surface area contributed by atoms with Crippen molar-refractivity contribution in [2.24, 2.45) is 34.5 Å². The van der Waals surface area contributed by atoms with Crippen molar-refractivity contribution in [1.82, 2.24) is 0 Å². The van der Waals surface area contributed by atoms with Gasteiger partial charge in [0.15, 0.2) is 18.2 Å². The Bertz CT molecular complexity index is 750. The van der Waals surface area contributed by atoms with Gasteiger partial charge < -0.3 is 4.74 Å². The molecule has 0 aromatic heterocycles. The van der Waals surface area contributed by atoms with Crippen LogP contribution in [-0.2, 0) is 19.1 Å². The summed E-state index contributed by atoms with van der Waals surface area (Å²) < 4.78 is 5.05. The van der Waals surface area contributed by atoms with Gasteiger partial charge in [0.2, 0.25) is 0 Å². The number of hydrogen-bond acceptors (Lipinski definition) is 4.